The molecule has 5 nitrogen and oxygen atoms in total. The number of carboxylic acids is 1. The van der Waals surface area contributed by atoms with Crippen LogP contribution in [-0.2, 0) is 9.59 Å². The number of nitrogens with zero attached hydrogens (tertiary/aromatic N) is 1. The number of halogens is 2. The van der Waals surface area contributed by atoms with Crippen LogP contribution in [0.2, 0.25) is 10.0 Å². The summed E-state index contributed by atoms with van der Waals surface area (Å²) in [6.07, 6.45) is 1.47. The van der Waals surface area contributed by atoms with Crippen LogP contribution in [0, 0.1) is 5.41 Å². The Hall–Kier alpha value is -2.08. The van der Waals surface area contributed by atoms with Gasteiger partial charge in [-0.2, -0.15) is 0 Å². The van der Waals surface area contributed by atoms with Gasteiger partial charge in [-0.1, -0.05) is 54.4 Å². The summed E-state index contributed by atoms with van der Waals surface area (Å²) in [5.41, 5.74) is 0.839. The fourth-order valence-corrected chi connectivity index (χ4v) is 5.79. The zero-order valence-corrected chi connectivity index (χ0v) is 19.4. The molecule has 4 rings (SSSR count). The first-order chi connectivity index (χ1) is 15.2. The topological polar surface area (TPSA) is 77.8 Å². The number of benzene rings is 2. The van der Waals surface area contributed by atoms with Gasteiger partial charge in [-0.05, 0) is 61.1 Å². The second-order valence-corrected chi connectivity index (χ2v) is 10.2. The van der Waals surface area contributed by atoms with Crippen LogP contribution < -0.4 is 0 Å². The van der Waals surface area contributed by atoms with Crippen LogP contribution >= 0.6 is 23.2 Å². The Kier molecular flexibility index (Phi) is 6.53. The molecule has 1 amide bonds. The number of carbonyl (C=O) groups is 2. The zero-order valence-electron chi connectivity index (χ0n) is 17.9. The van der Waals surface area contributed by atoms with Gasteiger partial charge in [0.1, 0.15) is 0 Å². The lowest BCUT2D eigenvalue weighted by Crippen LogP contribution is -2.55. The van der Waals surface area contributed by atoms with Crippen LogP contribution in [-0.4, -0.2) is 39.1 Å². The maximum absolute atomic E-state index is 13.9. The molecule has 2 N–H and O–H groups in total. The lowest BCUT2D eigenvalue weighted by Gasteiger charge is -2.51. The third kappa shape index (κ3) is 4.52. The van der Waals surface area contributed by atoms with Gasteiger partial charge < -0.3 is 15.1 Å². The molecule has 0 radical (unpaired) electrons. The Bertz CT molecular complexity index is 1010. The number of aliphatic hydroxyl groups excluding tert-OH is 1. The van der Waals surface area contributed by atoms with Gasteiger partial charge in [-0.3, -0.25) is 9.59 Å². The number of likely N-dealkylation sites (tertiary alicyclic amines) is 1. The number of carboxylic acid groups (broad SMARTS) is 1. The lowest BCUT2D eigenvalue weighted by molar-refractivity contribution is -0.160. The van der Waals surface area contributed by atoms with Crippen molar-refractivity contribution in [2.75, 3.05) is 0 Å². The van der Waals surface area contributed by atoms with Crippen molar-refractivity contribution < 1.29 is 19.8 Å². The normalized spacial score (nSPS) is 30.5. The molecule has 2 fully saturated rings. The standard InChI is InChI=1S/C25H27Cl2NO4/c1-25(14-22(30)31)13-21(16-3-2-4-18(27)11-16)23(15-5-7-17(26)8-6-15)28(24(25)32)19-9-10-20(29)12-19/h2-8,11,19-21,23,29H,9-10,12-14H2,1H3,(H,30,31)/t19?,20-,21-,23-,25-/m1/s1. The molecule has 5 atom stereocenters. The SMILES string of the molecule is C[C@]1(CC(=O)O)C[C@H](c2cccc(Cl)c2)[C@@H](c2ccc(Cl)cc2)N(C2CC[C@@H](O)C2)C1=O. The van der Waals surface area contributed by atoms with Crippen LogP contribution in [0.4, 0.5) is 0 Å². The van der Waals surface area contributed by atoms with Gasteiger partial charge in [0, 0.05) is 22.0 Å². The molecule has 170 valence electrons. The van der Waals surface area contributed by atoms with Crippen molar-refractivity contribution in [3.05, 3.63) is 69.7 Å². The summed E-state index contributed by atoms with van der Waals surface area (Å²) in [5.74, 6) is -1.33. The van der Waals surface area contributed by atoms with E-state index in [0.29, 0.717) is 35.7 Å². The van der Waals surface area contributed by atoms with E-state index < -0.39 is 17.5 Å². The molecule has 1 aliphatic carbocycles. The van der Waals surface area contributed by atoms with E-state index >= 15 is 0 Å². The van der Waals surface area contributed by atoms with Crippen molar-refractivity contribution in [3.8, 4) is 0 Å². The van der Waals surface area contributed by atoms with Crippen molar-refractivity contribution in [2.45, 2.75) is 63.1 Å². The minimum Gasteiger partial charge on any atom is -0.481 e. The van der Waals surface area contributed by atoms with Crippen molar-refractivity contribution in [1.29, 1.82) is 0 Å². The third-order valence-corrected chi connectivity index (χ3v) is 7.39. The van der Waals surface area contributed by atoms with Gasteiger partial charge in [0.15, 0.2) is 0 Å². The summed E-state index contributed by atoms with van der Waals surface area (Å²) < 4.78 is 0. The number of amides is 1. The van der Waals surface area contributed by atoms with Crippen molar-refractivity contribution in [1.82, 2.24) is 4.90 Å². The van der Waals surface area contributed by atoms with Gasteiger partial charge in [0.05, 0.1) is 24.0 Å². The first kappa shape index (κ1) is 23.1. The Balaban J connectivity index is 1.88. The number of rotatable bonds is 5. The highest BCUT2D eigenvalue weighted by atomic mass is 35.5. The maximum Gasteiger partial charge on any atom is 0.304 e. The van der Waals surface area contributed by atoms with E-state index in [1.165, 1.54) is 0 Å². The quantitative estimate of drug-likeness (QED) is 0.602. The molecular weight excluding hydrogens is 449 g/mol. The summed E-state index contributed by atoms with van der Waals surface area (Å²) in [5, 5.41) is 21.0. The van der Waals surface area contributed by atoms with Crippen molar-refractivity contribution in [3.63, 3.8) is 0 Å². The van der Waals surface area contributed by atoms with Gasteiger partial charge in [-0.25, -0.2) is 0 Å². The number of hydrogen-bond donors (Lipinski definition) is 2. The molecule has 7 heteroatoms. The molecular formula is C25H27Cl2NO4. The first-order valence-corrected chi connectivity index (χ1v) is 11.7. The second-order valence-electron chi connectivity index (χ2n) is 9.33. The highest BCUT2D eigenvalue weighted by Crippen LogP contribution is 2.53. The van der Waals surface area contributed by atoms with Crippen molar-refractivity contribution in [2.24, 2.45) is 5.41 Å². The Morgan fingerprint density at radius 1 is 1.09 bits per heavy atom. The molecule has 32 heavy (non-hydrogen) atoms. The number of carbonyl (C=O) groups excluding carboxylic acids is 1. The average Bonchev–Trinajstić information content (AvgIpc) is 3.16. The zero-order chi connectivity index (χ0) is 23.0. The number of aliphatic carboxylic acids is 1. The van der Waals surface area contributed by atoms with E-state index in [-0.39, 0.29) is 30.3 Å². The number of aliphatic hydroxyl groups is 1. The first-order valence-electron chi connectivity index (χ1n) is 10.9. The van der Waals surface area contributed by atoms with Crippen LogP contribution in [0.5, 0.6) is 0 Å². The van der Waals surface area contributed by atoms with E-state index in [2.05, 4.69) is 0 Å². The van der Waals surface area contributed by atoms with E-state index in [4.69, 9.17) is 23.2 Å². The van der Waals surface area contributed by atoms with Gasteiger partial charge >= 0.3 is 5.97 Å². The predicted molar refractivity (Wildman–Crippen MR) is 124 cm³/mol. The number of piperidine rings is 1. The summed E-state index contributed by atoms with van der Waals surface area (Å²) in [7, 11) is 0. The molecule has 0 aromatic heterocycles. The smallest absolute Gasteiger partial charge is 0.304 e. The molecule has 1 aliphatic heterocycles. The van der Waals surface area contributed by atoms with Gasteiger partial charge in [-0.15, -0.1) is 0 Å². The highest BCUT2D eigenvalue weighted by Gasteiger charge is 2.53. The van der Waals surface area contributed by atoms with E-state index in [1.54, 1.807) is 13.0 Å². The van der Waals surface area contributed by atoms with Crippen LogP contribution in [0.3, 0.4) is 0 Å². The van der Waals surface area contributed by atoms with Crippen molar-refractivity contribution >= 4 is 35.1 Å². The second kappa shape index (κ2) is 9.05. The summed E-state index contributed by atoms with van der Waals surface area (Å²) >= 11 is 12.5. The van der Waals surface area contributed by atoms with Crippen LogP contribution in [0.15, 0.2) is 48.5 Å². The monoisotopic (exact) mass is 475 g/mol. The molecule has 0 spiro atoms. The molecule has 0 bridgehead atoms. The largest absolute Gasteiger partial charge is 0.481 e. The van der Waals surface area contributed by atoms with Gasteiger partial charge in [0.25, 0.3) is 0 Å². The average molecular weight is 476 g/mol. The fourth-order valence-electron chi connectivity index (χ4n) is 5.47. The molecule has 2 aromatic rings. The van der Waals surface area contributed by atoms with Crippen LogP contribution in [0.25, 0.3) is 0 Å². The molecule has 1 saturated carbocycles. The molecule has 1 saturated heterocycles. The molecule has 1 heterocycles. The summed E-state index contributed by atoms with van der Waals surface area (Å²) in [6, 6.07) is 14.6. The fraction of sp³-hybridized carbons (Fsp3) is 0.440. The Labute approximate surface area is 197 Å². The third-order valence-electron chi connectivity index (χ3n) is 6.90. The van der Waals surface area contributed by atoms with E-state index in [9.17, 15) is 19.8 Å². The Morgan fingerprint density at radius 3 is 2.41 bits per heavy atom. The number of hydrogen-bond acceptors (Lipinski definition) is 3. The molecule has 1 unspecified atom stereocenters. The molecule has 2 aromatic carbocycles. The highest BCUT2D eigenvalue weighted by molar-refractivity contribution is 6.30. The lowest BCUT2D eigenvalue weighted by atomic mass is 9.67. The maximum atomic E-state index is 13.9. The minimum absolute atomic E-state index is 0.158. The summed E-state index contributed by atoms with van der Waals surface area (Å²) in [6.45, 7) is 1.75. The van der Waals surface area contributed by atoms with E-state index in [1.807, 2.05) is 47.4 Å². The van der Waals surface area contributed by atoms with Crippen LogP contribution in [0.1, 0.15) is 62.1 Å². The predicted octanol–water partition coefficient (Wildman–Crippen LogP) is 5.45. The Morgan fingerprint density at radius 2 is 1.81 bits per heavy atom. The molecule has 2 aliphatic rings. The van der Waals surface area contributed by atoms with Gasteiger partial charge in [0.2, 0.25) is 5.91 Å². The summed E-state index contributed by atoms with van der Waals surface area (Å²) in [4.78, 5) is 27.5. The minimum atomic E-state index is -1.06. The van der Waals surface area contributed by atoms with E-state index in [0.717, 1.165) is 11.1 Å².